The Hall–Kier alpha value is -1.96. The molecule has 1 aromatic heterocycles. The van der Waals surface area contributed by atoms with Crippen LogP contribution < -0.4 is 11.3 Å². The fourth-order valence-electron chi connectivity index (χ4n) is 1.68. The van der Waals surface area contributed by atoms with Crippen molar-refractivity contribution in [3.8, 4) is 0 Å². The summed E-state index contributed by atoms with van der Waals surface area (Å²) in [6, 6.07) is 8.68. The molecule has 3 N–H and O–H groups in total. The third-order valence-electron chi connectivity index (χ3n) is 2.55. The summed E-state index contributed by atoms with van der Waals surface area (Å²) in [6.45, 7) is 0.740. The number of nitrogens with one attached hydrogen (secondary N) is 1. The molecule has 1 aromatic carbocycles. The van der Waals surface area contributed by atoms with E-state index in [1.165, 1.54) is 6.07 Å². The lowest BCUT2D eigenvalue weighted by Gasteiger charge is -2.09. The van der Waals surface area contributed by atoms with Gasteiger partial charge in [-0.15, -0.1) is 11.3 Å². The Morgan fingerprint density at radius 2 is 2.16 bits per heavy atom. The fraction of sp³-hybridized carbons (Fsp3) is 0.167. The van der Waals surface area contributed by atoms with E-state index < -0.39 is 4.92 Å². The minimum atomic E-state index is -0.474. The average molecular weight is 279 g/mol. The van der Waals surface area contributed by atoms with Crippen LogP contribution in [0.4, 0.5) is 11.4 Å². The molecule has 0 unspecified atom stereocenters. The number of hydrogen-bond donors (Lipinski definition) is 2. The molecule has 19 heavy (non-hydrogen) atoms. The summed E-state index contributed by atoms with van der Waals surface area (Å²) in [4.78, 5) is 11.5. The lowest BCUT2D eigenvalue weighted by molar-refractivity contribution is -0.384. The number of benzene rings is 1. The van der Waals surface area contributed by atoms with Gasteiger partial charge in [-0.1, -0.05) is 18.2 Å². The number of thiophene rings is 1. The van der Waals surface area contributed by atoms with Gasteiger partial charge >= 0.3 is 0 Å². The highest BCUT2D eigenvalue weighted by molar-refractivity contribution is 7.09. The maximum atomic E-state index is 10.9. The zero-order valence-electron chi connectivity index (χ0n) is 10.0. The van der Waals surface area contributed by atoms with Crippen LogP contribution >= 0.6 is 11.3 Å². The number of ether oxygens (including phenoxy) is 1. The highest BCUT2D eigenvalue weighted by atomic mass is 32.1. The van der Waals surface area contributed by atoms with E-state index in [4.69, 9.17) is 10.6 Å². The monoisotopic (exact) mass is 279 g/mol. The van der Waals surface area contributed by atoms with E-state index in [0.29, 0.717) is 17.9 Å². The Kier molecular flexibility index (Phi) is 4.45. The van der Waals surface area contributed by atoms with E-state index in [1.54, 1.807) is 23.5 Å². The molecule has 0 amide bonds. The third-order valence-corrected chi connectivity index (χ3v) is 3.40. The zero-order valence-corrected chi connectivity index (χ0v) is 10.9. The molecule has 2 rings (SSSR count). The maximum Gasteiger partial charge on any atom is 0.294 e. The van der Waals surface area contributed by atoms with Crippen LogP contribution in [0.15, 0.2) is 35.7 Å². The smallest absolute Gasteiger partial charge is 0.294 e. The maximum absolute atomic E-state index is 10.9. The predicted octanol–water partition coefficient (Wildman–Crippen LogP) is 2.66. The van der Waals surface area contributed by atoms with Crippen LogP contribution in [-0.4, -0.2) is 4.92 Å². The summed E-state index contributed by atoms with van der Waals surface area (Å²) in [6.07, 6.45) is 0. The van der Waals surface area contributed by atoms with Crippen LogP contribution in [0, 0.1) is 10.1 Å². The Bertz CT molecular complexity index is 557. The van der Waals surface area contributed by atoms with E-state index in [1.807, 2.05) is 17.5 Å². The number of anilines is 1. The molecule has 6 nitrogen and oxygen atoms in total. The van der Waals surface area contributed by atoms with E-state index in [0.717, 1.165) is 4.88 Å². The first-order valence-electron chi connectivity index (χ1n) is 5.55. The van der Waals surface area contributed by atoms with Gasteiger partial charge in [-0.3, -0.25) is 16.0 Å². The molecule has 0 atom stereocenters. The van der Waals surface area contributed by atoms with Crippen LogP contribution in [0.5, 0.6) is 0 Å². The molecule has 0 aliphatic rings. The van der Waals surface area contributed by atoms with Crippen molar-refractivity contribution in [2.45, 2.75) is 13.2 Å². The fourth-order valence-corrected chi connectivity index (χ4v) is 2.32. The minimum absolute atomic E-state index is 0.0558. The third kappa shape index (κ3) is 3.28. The SMILES string of the molecule is NNc1c(COCc2cccs2)cccc1[N+](=O)[O-]. The van der Waals surface area contributed by atoms with Gasteiger partial charge in [0.1, 0.15) is 5.69 Å². The molecule has 0 fully saturated rings. The number of hydrogen-bond acceptors (Lipinski definition) is 6. The van der Waals surface area contributed by atoms with Gasteiger partial charge in [0.2, 0.25) is 0 Å². The zero-order chi connectivity index (χ0) is 13.7. The molecule has 0 saturated carbocycles. The number of rotatable bonds is 6. The lowest BCUT2D eigenvalue weighted by atomic mass is 10.1. The molecule has 0 saturated heterocycles. The van der Waals surface area contributed by atoms with Crippen molar-refractivity contribution < 1.29 is 9.66 Å². The quantitative estimate of drug-likeness (QED) is 0.482. The number of nitrogens with two attached hydrogens (primary N) is 1. The second-order valence-electron chi connectivity index (χ2n) is 3.78. The Morgan fingerprint density at radius 1 is 1.32 bits per heavy atom. The second-order valence-corrected chi connectivity index (χ2v) is 4.82. The summed E-state index contributed by atoms with van der Waals surface area (Å²) in [5, 5.41) is 12.8. The molecule has 1 heterocycles. The Labute approximate surface area is 113 Å². The van der Waals surface area contributed by atoms with Crippen molar-refractivity contribution >= 4 is 22.7 Å². The van der Waals surface area contributed by atoms with Crippen molar-refractivity contribution in [2.24, 2.45) is 5.84 Å². The van der Waals surface area contributed by atoms with Crippen LogP contribution in [-0.2, 0) is 18.0 Å². The summed E-state index contributed by atoms with van der Waals surface area (Å²) in [5.74, 6) is 5.35. The average Bonchev–Trinajstić information content (AvgIpc) is 2.91. The van der Waals surface area contributed by atoms with Gasteiger partial charge < -0.3 is 10.2 Å². The highest BCUT2D eigenvalue weighted by Gasteiger charge is 2.16. The number of hydrazine groups is 1. The van der Waals surface area contributed by atoms with E-state index in [9.17, 15) is 10.1 Å². The van der Waals surface area contributed by atoms with Gasteiger partial charge in [0.15, 0.2) is 0 Å². The summed E-state index contributed by atoms with van der Waals surface area (Å²) in [5.41, 5.74) is 3.27. The normalized spacial score (nSPS) is 10.4. The van der Waals surface area contributed by atoms with Crippen molar-refractivity contribution in [3.63, 3.8) is 0 Å². The van der Waals surface area contributed by atoms with Crippen molar-refractivity contribution in [1.29, 1.82) is 0 Å². The second kappa shape index (κ2) is 6.28. The molecule has 0 aliphatic heterocycles. The van der Waals surface area contributed by atoms with Gasteiger partial charge in [0.05, 0.1) is 18.1 Å². The molecule has 0 bridgehead atoms. The molecule has 0 radical (unpaired) electrons. The number of nitrogens with zero attached hydrogens (tertiary/aromatic N) is 1. The van der Waals surface area contributed by atoms with Crippen LogP contribution in [0.2, 0.25) is 0 Å². The molecule has 0 aliphatic carbocycles. The molecular formula is C12H13N3O3S. The van der Waals surface area contributed by atoms with E-state index in [2.05, 4.69) is 5.43 Å². The van der Waals surface area contributed by atoms with Gasteiger partial charge in [-0.2, -0.15) is 0 Å². The number of nitrogen functional groups attached to an aromatic ring is 1. The minimum Gasteiger partial charge on any atom is -0.371 e. The first-order chi connectivity index (χ1) is 9.22. The first kappa shape index (κ1) is 13.5. The van der Waals surface area contributed by atoms with Gasteiger partial charge in [0, 0.05) is 16.5 Å². The van der Waals surface area contributed by atoms with Crippen LogP contribution in [0.25, 0.3) is 0 Å². The number of nitro groups is 1. The van der Waals surface area contributed by atoms with Crippen molar-refractivity contribution in [2.75, 3.05) is 5.43 Å². The Morgan fingerprint density at radius 3 is 2.79 bits per heavy atom. The van der Waals surface area contributed by atoms with Gasteiger partial charge in [-0.25, -0.2) is 0 Å². The summed E-state index contributed by atoms with van der Waals surface area (Å²) in [7, 11) is 0. The summed E-state index contributed by atoms with van der Waals surface area (Å²) >= 11 is 1.60. The molecule has 100 valence electrons. The topological polar surface area (TPSA) is 90.4 Å². The van der Waals surface area contributed by atoms with E-state index in [-0.39, 0.29) is 12.3 Å². The van der Waals surface area contributed by atoms with Crippen molar-refractivity contribution in [3.05, 3.63) is 56.3 Å². The molecule has 0 spiro atoms. The standard InChI is InChI=1S/C12H13N3O3S/c13-14-12-9(3-1-5-11(12)15(16)17)7-18-8-10-4-2-6-19-10/h1-6,14H,7-8,13H2. The lowest BCUT2D eigenvalue weighted by Crippen LogP contribution is -2.12. The van der Waals surface area contributed by atoms with Gasteiger partial charge in [0.25, 0.3) is 5.69 Å². The Balaban J connectivity index is 2.07. The van der Waals surface area contributed by atoms with Crippen LogP contribution in [0.1, 0.15) is 10.4 Å². The molecular weight excluding hydrogens is 266 g/mol. The number of nitro benzene ring substituents is 1. The van der Waals surface area contributed by atoms with Crippen molar-refractivity contribution in [1.82, 2.24) is 0 Å². The summed E-state index contributed by atoms with van der Waals surface area (Å²) < 4.78 is 5.53. The molecule has 7 heteroatoms. The van der Waals surface area contributed by atoms with Gasteiger partial charge in [-0.05, 0) is 11.4 Å². The van der Waals surface area contributed by atoms with E-state index >= 15 is 0 Å². The number of para-hydroxylation sites is 1. The molecule has 2 aromatic rings. The predicted molar refractivity (Wildman–Crippen MR) is 73.7 cm³/mol. The van der Waals surface area contributed by atoms with Crippen LogP contribution in [0.3, 0.4) is 0 Å². The largest absolute Gasteiger partial charge is 0.371 e. The first-order valence-corrected chi connectivity index (χ1v) is 6.43. The highest BCUT2D eigenvalue weighted by Crippen LogP contribution is 2.28.